The van der Waals surface area contributed by atoms with Gasteiger partial charge in [0.2, 0.25) is 0 Å². The molecule has 28 heavy (non-hydrogen) atoms. The van der Waals surface area contributed by atoms with Crippen LogP contribution in [0.5, 0.6) is 5.75 Å². The lowest BCUT2D eigenvalue weighted by atomic mass is 10.2. The Kier molecular flexibility index (Phi) is 9.50. The number of methoxy groups -OCH3 is 1. The van der Waals surface area contributed by atoms with Gasteiger partial charge in [0.1, 0.15) is 5.75 Å². The van der Waals surface area contributed by atoms with E-state index in [1.165, 1.54) is 5.69 Å². The summed E-state index contributed by atoms with van der Waals surface area (Å²) in [5, 5.41) is 0. The standard InChI is InChI=1S/C20H36N4O3S/c1-4-12-24(13-5-2)28(25,26)21-11-6-14-22-15-17-23(18-16-22)19-7-9-20(27-3)10-8-19/h7-10,21H,4-6,11-18H2,1-3H3. The van der Waals surface area contributed by atoms with Crippen LogP contribution in [-0.4, -0.2) is 77.1 Å². The molecule has 0 bridgehead atoms. The van der Waals surface area contributed by atoms with Crippen LogP contribution in [0.4, 0.5) is 5.69 Å². The fraction of sp³-hybridized carbons (Fsp3) is 0.700. The number of anilines is 1. The third-order valence-electron chi connectivity index (χ3n) is 5.03. The van der Waals surface area contributed by atoms with Crippen molar-refractivity contribution in [3.63, 3.8) is 0 Å². The van der Waals surface area contributed by atoms with E-state index in [0.29, 0.717) is 19.6 Å². The van der Waals surface area contributed by atoms with Crippen LogP contribution >= 0.6 is 0 Å². The Hall–Kier alpha value is -1.35. The minimum Gasteiger partial charge on any atom is -0.497 e. The van der Waals surface area contributed by atoms with E-state index >= 15 is 0 Å². The SMILES string of the molecule is CCCN(CCC)S(=O)(=O)NCCCN1CCN(c2ccc(OC)cc2)CC1. The van der Waals surface area contributed by atoms with Crippen molar-refractivity contribution in [1.29, 1.82) is 0 Å². The van der Waals surface area contributed by atoms with Gasteiger partial charge in [0, 0.05) is 51.5 Å². The lowest BCUT2D eigenvalue weighted by molar-refractivity contribution is 0.255. The van der Waals surface area contributed by atoms with E-state index in [1.54, 1.807) is 11.4 Å². The van der Waals surface area contributed by atoms with Crippen LogP contribution in [0.25, 0.3) is 0 Å². The quantitative estimate of drug-likeness (QED) is 0.533. The summed E-state index contributed by atoms with van der Waals surface area (Å²) in [6.07, 6.45) is 2.49. The third kappa shape index (κ3) is 6.92. The summed E-state index contributed by atoms with van der Waals surface area (Å²) in [5.41, 5.74) is 1.22. The highest BCUT2D eigenvalue weighted by atomic mass is 32.2. The molecule has 0 aliphatic carbocycles. The molecule has 0 spiro atoms. The zero-order valence-corrected chi connectivity index (χ0v) is 18.4. The van der Waals surface area contributed by atoms with E-state index in [4.69, 9.17) is 4.74 Å². The summed E-state index contributed by atoms with van der Waals surface area (Å²) in [6, 6.07) is 8.19. The number of nitrogens with one attached hydrogen (secondary N) is 1. The van der Waals surface area contributed by atoms with Crippen molar-refractivity contribution in [2.75, 3.05) is 64.4 Å². The van der Waals surface area contributed by atoms with Gasteiger partial charge in [-0.15, -0.1) is 0 Å². The van der Waals surface area contributed by atoms with Crippen molar-refractivity contribution >= 4 is 15.9 Å². The maximum Gasteiger partial charge on any atom is 0.279 e. The second-order valence-electron chi connectivity index (χ2n) is 7.18. The van der Waals surface area contributed by atoms with Crippen molar-refractivity contribution in [1.82, 2.24) is 13.9 Å². The number of rotatable bonds is 12. The molecule has 0 aromatic heterocycles. The van der Waals surface area contributed by atoms with Gasteiger partial charge >= 0.3 is 0 Å². The van der Waals surface area contributed by atoms with Crippen molar-refractivity contribution in [2.24, 2.45) is 0 Å². The molecule has 1 N–H and O–H groups in total. The van der Waals surface area contributed by atoms with E-state index in [1.807, 2.05) is 26.0 Å². The summed E-state index contributed by atoms with van der Waals surface area (Å²) in [5.74, 6) is 0.876. The van der Waals surface area contributed by atoms with Crippen molar-refractivity contribution < 1.29 is 13.2 Å². The predicted octanol–water partition coefficient (Wildman–Crippen LogP) is 2.16. The fourth-order valence-corrected chi connectivity index (χ4v) is 4.90. The Morgan fingerprint density at radius 3 is 2.18 bits per heavy atom. The molecule has 0 saturated carbocycles. The van der Waals surface area contributed by atoms with E-state index in [0.717, 1.165) is 57.7 Å². The van der Waals surface area contributed by atoms with Crippen LogP contribution in [-0.2, 0) is 10.2 Å². The maximum atomic E-state index is 12.4. The van der Waals surface area contributed by atoms with Gasteiger partial charge in [-0.25, -0.2) is 4.72 Å². The first-order chi connectivity index (χ1) is 13.5. The van der Waals surface area contributed by atoms with Gasteiger partial charge in [-0.05, 0) is 50.1 Å². The first-order valence-corrected chi connectivity index (χ1v) is 11.8. The van der Waals surface area contributed by atoms with Gasteiger partial charge in [0.25, 0.3) is 10.2 Å². The first-order valence-electron chi connectivity index (χ1n) is 10.4. The third-order valence-corrected chi connectivity index (χ3v) is 6.65. The number of hydrogen-bond donors (Lipinski definition) is 1. The molecule has 8 heteroatoms. The highest BCUT2D eigenvalue weighted by Crippen LogP contribution is 2.20. The summed E-state index contributed by atoms with van der Waals surface area (Å²) in [6.45, 7) is 10.5. The number of piperazine rings is 1. The van der Waals surface area contributed by atoms with Crippen molar-refractivity contribution in [3.8, 4) is 5.75 Å². The highest BCUT2D eigenvalue weighted by Gasteiger charge is 2.20. The molecular formula is C20H36N4O3S. The van der Waals surface area contributed by atoms with Crippen LogP contribution in [0.2, 0.25) is 0 Å². The molecule has 0 amide bonds. The van der Waals surface area contributed by atoms with Gasteiger partial charge in [-0.3, -0.25) is 4.90 Å². The monoisotopic (exact) mass is 412 g/mol. The van der Waals surface area contributed by atoms with E-state index < -0.39 is 10.2 Å². The Labute approximate surface area is 170 Å². The van der Waals surface area contributed by atoms with Crippen LogP contribution in [0, 0.1) is 0 Å². The molecule has 1 aromatic rings. The van der Waals surface area contributed by atoms with Crippen molar-refractivity contribution in [2.45, 2.75) is 33.1 Å². The molecule has 1 aliphatic heterocycles. The molecule has 0 atom stereocenters. The van der Waals surface area contributed by atoms with E-state index in [9.17, 15) is 8.42 Å². The molecular weight excluding hydrogens is 376 g/mol. The summed E-state index contributed by atoms with van der Waals surface area (Å²) >= 11 is 0. The smallest absolute Gasteiger partial charge is 0.279 e. The lowest BCUT2D eigenvalue weighted by Crippen LogP contribution is -2.47. The molecule has 2 rings (SSSR count). The molecule has 1 aromatic carbocycles. The average Bonchev–Trinajstić information content (AvgIpc) is 2.71. The first kappa shape index (κ1) is 22.9. The van der Waals surface area contributed by atoms with Crippen molar-refractivity contribution in [3.05, 3.63) is 24.3 Å². The molecule has 0 unspecified atom stereocenters. The minimum atomic E-state index is -3.35. The van der Waals surface area contributed by atoms with Crippen LogP contribution in [0.1, 0.15) is 33.1 Å². The number of nitrogens with zero attached hydrogens (tertiary/aromatic N) is 3. The second kappa shape index (κ2) is 11.6. The number of benzene rings is 1. The molecule has 1 saturated heterocycles. The second-order valence-corrected chi connectivity index (χ2v) is 8.93. The summed E-state index contributed by atoms with van der Waals surface area (Å²) < 4.78 is 34.3. The summed E-state index contributed by atoms with van der Waals surface area (Å²) in [7, 11) is -1.67. The van der Waals surface area contributed by atoms with Gasteiger partial charge in [-0.2, -0.15) is 12.7 Å². The van der Waals surface area contributed by atoms with Crippen LogP contribution in [0.3, 0.4) is 0 Å². The summed E-state index contributed by atoms with van der Waals surface area (Å²) in [4.78, 5) is 4.79. The zero-order valence-electron chi connectivity index (χ0n) is 17.6. The van der Waals surface area contributed by atoms with Gasteiger partial charge in [0.15, 0.2) is 0 Å². The fourth-order valence-electron chi connectivity index (χ4n) is 3.47. The van der Waals surface area contributed by atoms with E-state index in [2.05, 4.69) is 26.7 Å². The minimum absolute atomic E-state index is 0.491. The molecule has 7 nitrogen and oxygen atoms in total. The largest absolute Gasteiger partial charge is 0.497 e. The van der Waals surface area contributed by atoms with Crippen LogP contribution in [0.15, 0.2) is 24.3 Å². The Balaban J connectivity index is 1.69. The van der Waals surface area contributed by atoms with Crippen LogP contribution < -0.4 is 14.4 Å². The molecule has 1 heterocycles. The topological polar surface area (TPSA) is 65.1 Å². The molecule has 0 radical (unpaired) electrons. The molecule has 1 aliphatic rings. The zero-order chi connectivity index (χ0) is 20.4. The van der Waals surface area contributed by atoms with Gasteiger partial charge in [-0.1, -0.05) is 13.8 Å². The Morgan fingerprint density at radius 1 is 1.04 bits per heavy atom. The maximum absolute atomic E-state index is 12.4. The Morgan fingerprint density at radius 2 is 1.64 bits per heavy atom. The van der Waals surface area contributed by atoms with Gasteiger partial charge in [0.05, 0.1) is 7.11 Å². The number of ether oxygens (including phenoxy) is 1. The molecule has 160 valence electrons. The van der Waals surface area contributed by atoms with E-state index in [-0.39, 0.29) is 0 Å². The number of hydrogen-bond acceptors (Lipinski definition) is 5. The highest BCUT2D eigenvalue weighted by molar-refractivity contribution is 7.87. The molecule has 1 fully saturated rings. The predicted molar refractivity (Wildman–Crippen MR) is 115 cm³/mol. The van der Waals surface area contributed by atoms with Gasteiger partial charge < -0.3 is 9.64 Å². The Bertz CT molecular complexity index is 653. The average molecular weight is 413 g/mol. The normalized spacial score (nSPS) is 15.9. The lowest BCUT2D eigenvalue weighted by Gasteiger charge is -2.36.